The number of benzene rings is 4. The van der Waals surface area contributed by atoms with E-state index in [-0.39, 0.29) is 21.8 Å². The summed E-state index contributed by atoms with van der Waals surface area (Å²) < 4.78 is 12.7. The summed E-state index contributed by atoms with van der Waals surface area (Å²) in [4.78, 5) is 6.59. The summed E-state index contributed by atoms with van der Waals surface area (Å²) in [6.45, 7) is 2.28. The van der Waals surface area contributed by atoms with Crippen LogP contribution in [-0.2, 0) is 21.8 Å². The highest BCUT2D eigenvalue weighted by Crippen LogP contribution is 2.50. The highest BCUT2D eigenvalue weighted by atomic mass is 32.2. The SMILES string of the molecule is CCCCC/C(=C\[S+]1c2ccccc2Oc2ccccc21)[S+]1c2ccccc2Oc2ccccc21. The first-order chi connectivity index (χ1) is 17.3. The second-order valence-electron chi connectivity index (χ2n) is 8.68. The Labute approximate surface area is 213 Å². The smallest absolute Gasteiger partial charge is 0.208 e. The number of fused-ring (bicyclic) bond motifs is 4. The van der Waals surface area contributed by atoms with Gasteiger partial charge in [0.15, 0.2) is 33.3 Å². The molecule has 2 nitrogen and oxygen atoms in total. The third-order valence-electron chi connectivity index (χ3n) is 6.29. The summed E-state index contributed by atoms with van der Waals surface area (Å²) in [6, 6.07) is 34.2. The number of hydrogen-bond acceptors (Lipinski definition) is 2. The van der Waals surface area contributed by atoms with Gasteiger partial charge in [-0.1, -0.05) is 68.3 Å². The molecule has 0 spiro atoms. The van der Waals surface area contributed by atoms with Crippen molar-refractivity contribution in [3.05, 3.63) is 107 Å². The van der Waals surface area contributed by atoms with Gasteiger partial charge in [0.1, 0.15) is 21.8 Å². The van der Waals surface area contributed by atoms with Crippen LogP contribution in [0.3, 0.4) is 0 Å². The van der Waals surface area contributed by atoms with Crippen LogP contribution in [0, 0.1) is 0 Å². The zero-order chi connectivity index (χ0) is 23.6. The average molecular weight is 497 g/mol. The molecule has 0 unspecified atom stereocenters. The zero-order valence-corrected chi connectivity index (χ0v) is 21.4. The largest absolute Gasteiger partial charge is 0.447 e. The van der Waals surface area contributed by atoms with Gasteiger partial charge in [0, 0.05) is 6.42 Å². The Morgan fingerprint density at radius 2 is 1.03 bits per heavy atom. The minimum atomic E-state index is -0.206. The molecule has 0 aliphatic carbocycles. The van der Waals surface area contributed by atoms with E-state index < -0.39 is 0 Å². The van der Waals surface area contributed by atoms with E-state index in [0.29, 0.717) is 0 Å². The Morgan fingerprint density at radius 1 is 0.600 bits per heavy atom. The second-order valence-corrected chi connectivity index (χ2v) is 12.5. The molecule has 4 aromatic carbocycles. The van der Waals surface area contributed by atoms with Gasteiger partial charge in [-0.2, -0.15) is 0 Å². The van der Waals surface area contributed by atoms with E-state index in [1.54, 1.807) is 0 Å². The quantitative estimate of drug-likeness (QED) is 0.196. The topological polar surface area (TPSA) is 18.5 Å². The monoisotopic (exact) mass is 496 g/mol. The van der Waals surface area contributed by atoms with Crippen molar-refractivity contribution in [3.8, 4) is 23.0 Å². The first kappa shape index (κ1) is 22.4. The maximum atomic E-state index is 6.35. The van der Waals surface area contributed by atoms with Crippen LogP contribution in [0.4, 0.5) is 0 Å². The number of hydrogen-bond donors (Lipinski definition) is 0. The number of para-hydroxylation sites is 4. The maximum absolute atomic E-state index is 6.35. The van der Waals surface area contributed by atoms with Crippen molar-refractivity contribution in [3.63, 3.8) is 0 Å². The van der Waals surface area contributed by atoms with E-state index in [1.807, 2.05) is 0 Å². The van der Waals surface area contributed by atoms with Gasteiger partial charge in [0.2, 0.25) is 19.6 Å². The number of ether oxygens (including phenoxy) is 2. The molecule has 2 heterocycles. The van der Waals surface area contributed by atoms with Crippen LogP contribution >= 0.6 is 0 Å². The molecule has 0 saturated carbocycles. The van der Waals surface area contributed by atoms with Crippen LogP contribution in [0.2, 0.25) is 0 Å². The Hall–Kier alpha value is -3.08. The van der Waals surface area contributed by atoms with Crippen molar-refractivity contribution in [1.82, 2.24) is 0 Å². The minimum Gasteiger partial charge on any atom is -0.447 e. The summed E-state index contributed by atoms with van der Waals surface area (Å²) in [5.41, 5.74) is 0. The fourth-order valence-electron chi connectivity index (χ4n) is 4.61. The van der Waals surface area contributed by atoms with Crippen molar-refractivity contribution < 1.29 is 9.47 Å². The van der Waals surface area contributed by atoms with Crippen LogP contribution in [0.25, 0.3) is 0 Å². The predicted molar refractivity (Wildman–Crippen MR) is 146 cm³/mol. The molecule has 2 aliphatic rings. The number of allylic oxidation sites excluding steroid dienone is 1. The van der Waals surface area contributed by atoms with Gasteiger partial charge in [0.05, 0.1) is 0 Å². The van der Waals surface area contributed by atoms with Crippen molar-refractivity contribution in [2.75, 3.05) is 0 Å². The number of unbranched alkanes of at least 4 members (excludes halogenated alkanes) is 2. The van der Waals surface area contributed by atoms with E-state index >= 15 is 0 Å². The lowest BCUT2D eigenvalue weighted by molar-refractivity contribution is 0.452. The normalized spacial score (nSPS) is 14.7. The average Bonchev–Trinajstić information content (AvgIpc) is 2.91. The van der Waals surface area contributed by atoms with Crippen LogP contribution < -0.4 is 9.47 Å². The minimum absolute atomic E-state index is 0.189. The zero-order valence-electron chi connectivity index (χ0n) is 19.8. The second kappa shape index (κ2) is 9.88. The number of rotatable bonds is 6. The molecular formula is C31H28O2S2+2. The molecule has 0 aromatic heterocycles. The summed E-state index contributed by atoms with van der Waals surface area (Å²) >= 11 is 0. The molecule has 0 saturated heterocycles. The van der Waals surface area contributed by atoms with Crippen LogP contribution in [0.1, 0.15) is 32.6 Å². The summed E-state index contributed by atoms with van der Waals surface area (Å²) in [5.74, 6) is 3.89. The lowest BCUT2D eigenvalue weighted by Gasteiger charge is -2.22. The molecule has 4 heteroatoms. The van der Waals surface area contributed by atoms with Crippen LogP contribution in [0.5, 0.6) is 23.0 Å². The Morgan fingerprint density at radius 3 is 1.51 bits per heavy atom. The van der Waals surface area contributed by atoms with Gasteiger partial charge in [-0.3, -0.25) is 0 Å². The summed E-state index contributed by atoms with van der Waals surface area (Å²) in [7, 11) is -0.395. The molecule has 2 aliphatic heterocycles. The third-order valence-corrected chi connectivity index (χ3v) is 11.0. The molecule has 0 radical (unpaired) electrons. The molecule has 0 N–H and O–H groups in total. The molecule has 4 aromatic rings. The van der Waals surface area contributed by atoms with Crippen molar-refractivity contribution >= 4 is 21.8 Å². The first-order valence-corrected chi connectivity index (χ1v) is 14.7. The predicted octanol–water partition coefficient (Wildman–Crippen LogP) is 9.09. The van der Waals surface area contributed by atoms with Gasteiger partial charge in [-0.25, -0.2) is 0 Å². The van der Waals surface area contributed by atoms with Gasteiger partial charge >= 0.3 is 0 Å². The lowest BCUT2D eigenvalue weighted by atomic mass is 10.2. The fourth-order valence-corrected chi connectivity index (χ4v) is 9.46. The van der Waals surface area contributed by atoms with Crippen LogP contribution in [0.15, 0.2) is 127 Å². The highest BCUT2D eigenvalue weighted by molar-refractivity contribution is 8.04. The third kappa shape index (κ3) is 4.26. The Kier molecular flexibility index (Phi) is 6.32. The van der Waals surface area contributed by atoms with Crippen molar-refractivity contribution in [2.45, 2.75) is 52.2 Å². The van der Waals surface area contributed by atoms with Gasteiger partial charge < -0.3 is 9.47 Å². The van der Waals surface area contributed by atoms with Crippen LogP contribution in [-0.4, -0.2) is 0 Å². The fraction of sp³-hybridized carbons (Fsp3) is 0.161. The van der Waals surface area contributed by atoms with E-state index in [9.17, 15) is 0 Å². The molecule has 0 fully saturated rings. The highest BCUT2D eigenvalue weighted by Gasteiger charge is 2.44. The van der Waals surface area contributed by atoms with E-state index in [2.05, 4.69) is 109 Å². The van der Waals surface area contributed by atoms with Gasteiger partial charge in [0.25, 0.3) is 0 Å². The van der Waals surface area contributed by atoms with Crippen molar-refractivity contribution in [1.29, 1.82) is 0 Å². The van der Waals surface area contributed by atoms with E-state index in [1.165, 1.54) is 43.7 Å². The maximum Gasteiger partial charge on any atom is 0.208 e. The molecule has 0 bridgehead atoms. The van der Waals surface area contributed by atoms with E-state index in [0.717, 1.165) is 29.4 Å². The molecular weight excluding hydrogens is 468 g/mol. The molecule has 6 rings (SSSR count). The van der Waals surface area contributed by atoms with Crippen molar-refractivity contribution in [2.24, 2.45) is 0 Å². The molecule has 0 atom stereocenters. The first-order valence-electron chi connectivity index (χ1n) is 12.2. The summed E-state index contributed by atoms with van der Waals surface area (Å²) in [5, 5.41) is 2.57. The Bertz CT molecular complexity index is 1300. The molecule has 174 valence electrons. The Balaban J connectivity index is 1.54. The van der Waals surface area contributed by atoms with Gasteiger partial charge in [-0.05, 0) is 55.0 Å². The van der Waals surface area contributed by atoms with Gasteiger partial charge in [-0.15, -0.1) is 0 Å². The molecule has 35 heavy (non-hydrogen) atoms. The standard InChI is InChI=1S/C31H28O2S2/c1-2-3-4-13-23(35-30-20-11-7-16-26(30)33-27-17-8-12-21-31(27)35)22-34-28-18-9-5-14-24(28)32-25-15-6-10-19-29(25)34/h5-12,14-22H,2-4,13H2,1H3/q+2/b23-22+. The van der Waals surface area contributed by atoms with E-state index in [4.69, 9.17) is 9.47 Å². The molecule has 0 amide bonds. The lowest BCUT2D eigenvalue weighted by Crippen LogP contribution is -2.16. The summed E-state index contributed by atoms with van der Waals surface area (Å²) in [6.07, 6.45) is 4.71.